The van der Waals surface area contributed by atoms with Crippen molar-refractivity contribution in [2.24, 2.45) is 0 Å². The summed E-state index contributed by atoms with van der Waals surface area (Å²) < 4.78 is 22.8. The van der Waals surface area contributed by atoms with Crippen LogP contribution in [0, 0.1) is 10.1 Å². The van der Waals surface area contributed by atoms with Crippen LogP contribution in [0.3, 0.4) is 0 Å². The first-order valence-corrected chi connectivity index (χ1v) is 7.96. The van der Waals surface area contributed by atoms with Crippen LogP contribution in [-0.4, -0.2) is 58.2 Å². The van der Waals surface area contributed by atoms with Gasteiger partial charge in [0.15, 0.2) is 12.1 Å². The number of rotatable bonds is 6. The summed E-state index contributed by atoms with van der Waals surface area (Å²) in [5.41, 5.74) is 0.340. The Morgan fingerprint density at radius 2 is 2.08 bits per heavy atom. The summed E-state index contributed by atoms with van der Waals surface area (Å²) in [6.07, 6.45) is -4.13. The first-order chi connectivity index (χ1) is 11.8. The van der Waals surface area contributed by atoms with E-state index in [0.29, 0.717) is 5.56 Å². The minimum atomic E-state index is -1.18. The van der Waals surface area contributed by atoms with Crippen molar-refractivity contribution in [2.45, 2.75) is 56.9 Å². The molecule has 2 N–H and O–H groups in total. The molecule has 2 aliphatic rings. The van der Waals surface area contributed by atoms with Crippen molar-refractivity contribution < 1.29 is 34.1 Å². The molecule has 5 atom stereocenters. The summed E-state index contributed by atoms with van der Waals surface area (Å²) in [5.74, 6) is -0.870. The van der Waals surface area contributed by atoms with Crippen molar-refractivity contribution in [1.82, 2.24) is 0 Å². The van der Waals surface area contributed by atoms with Gasteiger partial charge in [0.1, 0.15) is 24.4 Å². The van der Waals surface area contributed by atoms with Crippen molar-refractivity contribution in [1.29, 1.82) is 0 Å². The molecule has 3 rings (SSSR count). The van der Waals surface area contributed by atoms with Gasteiger partial charge in [-0.15, -0.1) is 0 Å². The molecule has 1 aromatic rings. The summed E-state index contributed by atoms with van der Waals surface area (Å²) in [4.78, 5) is 10.6. The average Bonchev–Trinajstić information content (AvgIpc) is 3.04. The third-order valence-corrected chi connectivity index (χ3v) is 4.21. The third kappa shape index (κ3) is 3.66. The Bertz CT molecular complexity index is 636. The van der Waals surface area contributed by atoms with Crippen LogP contribution in [0.5, 0.6) is 0 Å². The van der Waals surface area contributed by atoms with Crippen molar-refractivity contribution >= 4 is 5.69 Å². The molecule has 2 saturated heterocycles. The predicted octanol–water partition coefficient (Wildman–Crippen LogP) is 0.710. The number of ether oxygens (including phenoxy) is 4. The number of nitro groups is 1. The summed E-state index contributed by atoms with van der Waals surface area (Å²) in [5, 5.41) is 30.3. The molecule has 138 valence electrons. The van der Waals surface area contributed by atoms with E-state index in [1.54, 1.807) is 32.0 Å². The highest BCUT2D eigenvalue weighted by molar-refractivity contribution is 5.39. The monoisotopic (exact) mass is 355 g/mol. The molecule has 25 heavy (non-hydrogen) atoms. The third-order valence-electron chi connectivity index (χ3n) is 4.21. The smallest absolute Gasteiger partial charge is 0.274 e. The molecule has 9 heteroatoms. The zero-order valence-corrected chi connectivity index (χ0v) is 13.9. The molecule has 0 bridgehead atoms. The molecule has 0 radical (unpaired) electrons. The van der Waals surface area contributed by atoms with E-state index in [1.807, 2.05) is 0 Å². The van der Waals surface area contributed by atoms with E-state index in [2.05, 4.69) is 0 Å². The fourth-order valence-corrected chi connectivity index (χ4v) is 3.10. The lowest BCUT2D eigenvalue weighted by molar-refractivity contribution is -0.386. The molecule has 2 aliphatic heterocycles. The number of para-hydroxylation sites is 1. The standard InChI is InChI=1S/C16H21NO8/c1-16(2)24-14-13(12(11(19)7-18)23-15(14)25-16)22-8-9-5-3-4-6-10(9)17(20)21/h3-6,11-15,18-19H,7-8H2,1-2H3/t11-,12-,13+,14-,15-/m1/s1. The van der Waals surface area contributed by atoms with E-state index < -0.39 is 48.0 Å². The van der Waals surface area contributed by atoms with Gasteiger partial charge in [0.2, 0.25) is 0 Å². The number of hydrogen-bond donors (Lipinski definition) is 2. The first-order valence-electron chi connectivity index (χ1n) is 7.96. The molecular formula is C16H21NO8. The molecule has 2 fully saturated rings. The SMILES string of the molecule is CC1(C)O[C@H]2O[C@H]([C@H](O)CO)[C@H](OCc3ccccc3[N+](=O)[O-])[C@H]2O1. The van der Waals surface area contributed by atoms with Gasteiger partial charge in [-0.25, -0.2) is 0 Å². The summed E-state index contributed by atoms with van der Waals surface area (Å²) >= 11 is 0. The zero-order chi connectivity index (χ0) is 18.2. The van der Waals surface area contributed by atoms with Gasteiger partial charge in [-0.1, -0.05) is 12.1 Å². The lowest BCUT2D eigenvalue weighted by Crippen LogP contribution is -2.44. The number of fused-ring (bicyclic) bond motifs is 1. The van der Waals surface area contributed by atoms with Crippen molar-refractivity contribution in [3.8, 4) is 0 Å². The van der Waals surface area contributed by atoms with E-state index in [0.717, 1.165) is 0 Å². The maximum Gasteiger partial charge on any atom is 0.274 e. The van der Waals surface area contributed by atoms with Gasteiger partial charge in [0.25, 0.3) is 5.69 Å². The lowest BCUT2D eigenvalue weighted by Gasteiger charge is -2.27. The van der Waals surface area contributed by atoms with Crippen molar-refractivity contribution in [3.63, 3.8) is 0 Å². The number of hydrogen-bond acceptors (Lipinski definition) is 8. The van der Waals surface area contributed by atoms with Crippen LogP contribution in [0.15, 0.2) is 24.3 Å². The van der Waals surface area contributed by atoms with Gasteiger partial charge in [0.05, 0.1) is 23.7 Å². The van der Waals surface area contributed by atoms with E-state index in [-0.39, 0.29) is 12.3 Å². The summed E-state index contributed by atoms with van der Waals surface area (Å²) in [6, 6.07) is 6.24. The first kappa shape index (κ1) is 18.2. The Hall–Kier alpha value is -1.62. The summed E-state index contributed by atoms with van der Waals surface area (Å²) in [6.45, 7) is 2.88. The van der Waals surface area contributed by atoms with Crippen LogP contribution in [0.2, 0.25) is 0 Å². The molecule has 0 amide bonds. The molecule has 1 aromatic carbocycles. The second-order valence-corrected chi connectivity index (χ2v) is 6.48. The second-order valence-electron chi connectivity index (χ2n) is 6.48. The topological polar surface area (TPSA) is 121 Å². The predicted molar refractivity (Wildman–Crippen MR) is 83.5 cm³/mol. The molecule has 0 spiro atoms. The largest absolute Gasteiger partial charge is 0.394 e. The van der Waals surface area contributed by atoms with E-state index in [4.69, 9.17) is 18.9 Å². The Balaban J connectivity index is 1.77. The van der Waals surface area contributed by atoms with Crippen LogP contribution in [0.25, 0.3) is 0 Å². The Morgan fingerprint density at radius 3 is 2.76 bits per heavy atom. The highest BCUT2D eigenvalue weighted by atomic mass is 16.8. The van der Waals surface area contributed by atoms with Crippen LogP contribution in [0.4, 0.5) is 5.69 Å². The van der Waals surface area contributed by atoms with E-state index >= 15 is 0 Å². The maximum atomic E-state index is 11.1. The molecule has 0 aliphatic carbocycles. The van der Waals surface area contributed by atoms with Gasteiger partial charge in [-0.2, -0.15) is 0 Å². The Kier molecular flexibility index (Phi) is 5.05. The van der Waals surface area contributed by atoms with Gasteiger partial charge < -0.3 is 29.2 Å². The average molecular weight is 355 g/mol. The van der Waals surface area contributed by atoms with Crippen LogP contribution >= 0.6 is 0 Å². The van der Waals surface area contributed by atoms with Gasteiger partial charge in [-0.05, 0) is 19.9 Å². The van der Waals surface area contributed by atoms with Crippen LogP contribution < -0.4 is 0 Å². The molecule has 9 nitrogen and oxygen atoms in total. The van der Waals surface area contributed by atoms with Gasteiger partial charge in [0, 0.05) is 6.07 Å². The van der Waals surface area contributed by atoms with Gasteiger partial charge in [-0.3, -0.25) is 10.1 Å². The Morgan fingerprint density at radius 1 is 1.36 bits per heavy atom. The lowest BCUT2D eigenvalue weighted by atomic mass is 10.1. The zero-order valence-electron chi connectivity index (χ0n) is 13.9. The molecule has 2 heterocycles. The number of benzene rings is 1. The van der Waals surface area contributed by atoms with Crippen molar-refractivity contribution in [2.75, 3.05) is 6.61 Å². The summed E-state index contributed by atoms with van der Waals surface area (Å²) in [7, 11) is 0. The molecule has 0 saturated carbocycles. The number of aliphatic hydroxyl groups is 2. The van der Waals surface area contributed by atoms with Crippen LogP contribution in [0.1, 0.15) is 19.4 Å². The molecular weight excluding hydrogens is 334 g/mol. The molecule has 0 aromatic heterocycles. The van der Waals surface area contributed by atoms with Crippen LogP contribution in [-0.2, 0) is 25.6 Å². The Labute approximate surface area is 144 Å². The van der Waals surface area contributed by atoms with E-state index in [9.17, 15) is 20.3 Å². The highest BCUT2D eigenvalue weighted by Gasteiger charge is 2.57. The number of nitrogens with zero attached hydrogens (tertiary/aromatic N) is 1. The molecule has 0 unspecified atom stereocenters. The minimum absolute atomic E-state index is 0.0545. The normalized spacial score (nSPS) is 31.7. The van der Waals surface area contributed by atoms with E-state index in [1.165, 1.54) is 6.07 Å². The number of aliphatic hydroxyl groups excluding tert-OH is 2. The number of nitro benzene ring substituents is 1. The maximum absolute atomic E-state index is 11.1. The fourth-order valence-electron chi connectivity index (χ4n) is 3.10. The van der Waals surface area contributed by atoms with Crippen molar-refractivity contribution in [3.05, 3.63) is 39.9 Å². The fraction of sp³-hybridized carbons (Fsp3) is 0.625. The highest BCUT2D eigenvalue weighted by Crippen LogP contribution is 2.40. The second kappa shape index (κ2) is 6.94. The van der Waals surface area contributed by atoms with Gasteiger partial charge >= 0.3 is 0 Å². The quantitative estimate of drug-likeness (QED) is 0.565. The minimum Gasteiger partial charge on any atom is -0.394 e.